The molecule has 0 spiro atoms. The van der Waals surface area contributed by atoms with Gasteiger partial charge < -0.3 is 10.1 Å². The van der Waals surface area contributed by atoms with E-state index < -0.39 is 0 Å². The highest BCUT2D eigenvalue weighted by Crippen LogP contribution is 2.25. The second-order valence-corrected chi connectivity index (χ2v) is 5.69. The molecular weight excluding hydrogens is 290 g/mol. The maximum Gasteiger partial charge on any atom is 0.321 e. The average Bonchev–Trinajstić information content (AvgIpc) is 2.79. The molecule has 0 unspecified atom stereocenters. The van der Waals surface area contributed by atoms with Gasteiger partial charge in [0.05, 0.1) is 22.7 Å². The summed E-state index contributed by atoms with van der Waals surface area (Å²) in [6.45, 7) is 3.79. The Kier molecular flexibility index (Phi) is 5.10. The Hall–Kier alpha value is -2.15. The number of carbonyl (C=O) groups excluding carboxylic acids is 2. The van der Waals surface area contributed by atoms with Crippen LogP contribution < -0.4 is 10.6 Å². The topological polar surface area (TPSA) is 80.3 Å². The normalized spacial score (nSPS) is 10.6. The molecule has 2 amide bonds. The number of benzene rings is 1. The van der Waals surface area contributed by atoms with Gasteiger partial charge in [-0.05, 0) is 26.0 Å². The van der Waals surface area contributed by atoms with Crippen LogP contribution in [0.4, 0.5) is 9.93 Å². The summed E-state index contributed by atoms with van der Waals surface area (Å²) in [5.41, 5.74) is 0.846. The van der Waals surface area contributed by atoms with E-state index in [0.29, 0.717) is 5.13 Å². The lowest BCUT2D eigenvalue weighted by Crippen LogP contribution is -2.31. The summed E-state index contributed by atoms with van der Waals surface area (Å²) in [5.74, 6) is -0.328. The van der Waals surface area contributed by atoms with Crippen molar-refractivity contribution < 1.29 is 14.3 Å². The molecule has 2 aromatic rings. The molecule has 1 aromatic carbocycles. The monoisotopic (exact) mass is 307 g/mol. The van der Waals surface area contributed by atoms with E-state index in [1.165, 1.54) is 11.3 Å². The Bertz CT molecular complexity index is 606. The van der Waals surface area contributed by atoms with Gasteiger partial charge in [-0.2, -0.15) is 0 Å². The van der Waals surface area contributed by atoms with Gasteiger partial charge in [-0.25, -0.2) is 9.78 Å². The van der Waals surface area contributed by atoms with Gasteiger partial charge in [0.1, 0.15) is 0 Å². The lowest BCUT2D eigenvalue weighted by molar-refractivity contribution is -0.147. The van der Waals surface area contributed by atoms with Crippen LogP contribution in [-0.2, 0) is 9.53 Å². The lowest BCUT2D eigenvalue weighted by Gasteiger charge is -2.08. The molecule has 21 heavy (non-hydrogen) atoms. The van der Waals surface area contributed by atoms with E-state index in [-0.39, 0.29) is 31.1 Å². The standard InChI is InChI=1S/C14H17N3O3S/c1-9(2)20-12(18)7-8-15-13(19)17-14-16-10-5-3-4-6-11(10)21-14/h3-6,9H,7-8H2,1-2H3,(H2,15,16,17,19). The first kappa shape index (κ1) is 15.2. The zero-order chi connectivity index (χ0) is 15.2. The van der Waals surface area contributed by atoms with Crippen molar-refractivity contribution in [2.45, 2.75) is 26.4 Å². The summed E-state index contributed by atoms with van der Waals surface area (Å²) in [7, 11) is 0. The molecule has 6 nitrogen and oxygen atoms in total. The van der Waals surface area contributed by atoms with E-state index in [2.05, 4.69) is 15.6 Å². The van der Waals surface area contributed by atoms with Crippen molar-refractivity contribution in [1.29, 1.82) is 0 Å². The minimum Gasteiger partial charge on any atom is -0.463 e. The minimum absolute atomic E-state index is 0.144. The molecule has 0 saturated heterocycles. The number of amides is 2. The van der Waals surface area contributed by atoms with Crippen LogP contribution >= 0.6 is 11.3 Å². The Labute approximate surface area is 126 Å². The molecule has 112 valence electrons. The highest BCUT2D eigenvalue weighted by molar-refractivity contribution is 7.22. The number of thiazole rings is 1. The number of esters is 1. The van der Waals surface area contributed by atoms with Crippen LogP contribution in [0.25, 0.3) is 10.2 Å². The summed E-state index contributed by atoms with van der Waals surface area (Å²) in [6, 6.07) is 7.26. The fourth-order valence-electron chi connectivity index (χ4n) is 1.67. The predicted octanol–water partition coefficient (Wildman–Crippen LogP) is 2.76. The molecule has 0 aliphatic rings. The Morgan fingerprint density at radius 2 is 2.10 bits per heavy atom. The highest BCUT2D eigenvalue weighted by Gasteiger charge is 2.09. The predicted molar refractivity (Wildman–Crippen MR) is 82.5 cm³/mol. The van der Waals surface area contributed by atoms with Gasteiger partial charge in [-0.15, -0.1) is 0 Å². The number of hydrogen-bond acceptors (Lipinski definition) is 5. The first-order chi connectivity index (χ1) is 10.0. The molecule has 0 aliphatic heterocycles. The summed E-state index contributed by atoms with van der Waals surface area (Å²) in [4.78, 5) is 27.3. The Balaban J connectivity index is 1.78. The number of nitrogens with zero attached hydrogens (tertiary/aromatic N) is 1. The van der Waals surface area contributed by atoms with Crippen molar-refractivity contribution in [3.63, 3.8) is 0 Å². The second kappa shape index (κ2) is 7.03. The molecule has 0 radical (unpaired) electrons. The maximum atomic E-state index is 11.7. The number of urea groups is 1. The van der Waals surface area contributed by atoms with Crippen LogP contribution in [0.1, 0.15) is 20.3 Å². The van der Waals surface area contributed by atoms with Crippen LogP contribution in [0.2, 0.25) is 0 Å². The molecule has 0 saturated carbocycles. The zero-order valence-corrected chi connectivity index (χ0v) is 12.7. The summed E-state index contributed by atoms with van der Waals surface area (Å²) in [6.07, 6.45) is -0.0000847. The molecule has 0 atom stereocenters. The van der Waals surface area contributed by atoms with Crippen LogP contribution in [0.5, 0.6) is 0 Å². The number of aromatic nitrogens is 1. The third-order valence-electron chi connectivity index (χ3n) is 2.50. The van der Waals surface area contributed by atoms with Crippen molar-refractivity contribution in [3.8, 4) is 0 Å². The summed E-state index contributed by atoms with van der Waals surface area (Å²) >= 11 is 1.40. The van der Waals surface area contributed by atoms with Crippen molar-refractivity contribution in [1.82, 2.24) is 10.3 Å². The molecule has 2 N–H and O–H groups in total. The van der Waals surface area contributed by atoms with Crippen LogP contribution in [-0.4, -0.2) is 29.6 Å². The van der Waals surface area contributed by atoms with Crippen LogP contribution in [0.3, 0.4) is 0 Å². The average molecular weight is 307 g/mol. The number of carbonyl (C=O) groups is 2. The van der Waals surface area contributed by atoms with Gasteiger partial charge in [-0.3, -0.25) is 10.1 Å². The highest BCUT2D eigenvalue weighted by atomic mass is 32.1. The largest absolute Gasteiger partial charge is 0.463 e. The van der Waals surface area contributed by atoms with E-state index in [0.717, 1.165) is 10.2 Å². The summed E-state index contributed by atoms with van der Waals surface area (Å²) < 4.78 is 5.98. The molecule has 0 bridgehead atoms. The van der Waals surface area contributed by atoms with Gasteiger partial charge in [0, 0.05) is 6.54 Å². The molecule has 1 aromatic heterocycles. The first-order valence-electron chi connectivity index (χ1n) is 6.64. The van der Waals surface area contributed by atoms with Crippen molar-refractivity contribution in [2.75, 3.05) is 11.9 Å². The number of anilines is 1. The molecule has 0 aliphatic carbocycles. The van der Waals surface area contributed by atoms with Crippen molar-refractivity contribution in [2.24, 2.45) is 0 Å². The van der Waals surface area contributed by atoms with Gasteiger partial charge in [0.25, 0.3) is 0 Å². The lowest BCUT2D eigenvalue weighted by atomic mass is 10.3. The van der Waals surface area contributed by atoms with E-state index in [1.54, 1.807) is 13.8 Å². The fraction of sp³-hybridized carbons (Fsp3) is 0.357. The molecular formula is C14H17N3O3S. The van der Waals surface area contributed by atoms with E-state index in [4.69, 9.17) is 4.74 Å². The van der Waals surface area contributed by atoms with E-state index in [1.807, 2.05) is 24.3 Å². The quantitative estimate of drug-likeness (QED) is 0.832. The van der Waals surface area contributed by atoms with Crippen LogP contribution in [0.15, 0.2) is 24.3 Å². The number of nitrogens with one attached hydrogen (secondary N) is 2. The fourth-order valence-corrected chi connectivity index (χ4v) is 2.53. The number of ether oxygens (including phenoxy) is 1. The molecule has 0 fully saturated rings. The summed E-state index contributed by atoms with van der Waals surface area (Å²) in [5, 5.41) is 5.77. The Morgan fingerprint density at radius 1 is 1.33 bits per heavy atom. The van der Waals surface area contributed by atoms with Crippen molar-refractivity contribution in [3.05, 3.63) is 24.3 Å². The maximum absolute atomic E-state index is 11.7. The third-order valence-corrected chi connectivity index (χ3v) is 3.45. The van der Waals surface area contributed by atoms with Crippen LogP contribution in [0, 0.1) is 0 Å². The Morgan fingerprint density at radius 3 is 2.81 bits per heavy atom. The molecule has 1 heterocycles. The minimum atomic E-state index is -0.383. The van der Waals surface area contributed by atoms with E-state index >= 15 is 0 Å². The first-order valence-corrected chi connectivity index (χ1v) is 7.46. The second-order valence-electron chi connectivity index (χ2n) is 4.66. The SMILES string of the molecule is CC(C)OC(=O)CCNC(=O)Nc1nc2ccccc2s1. The van der Waals surface area contributed by atoms with Gasteiger partial charge in [0.15, 0.2) is 5.13 Å². The third kappa shape index (κ3) is 4.71. The zero-order valence-electron chi connectivity index (χ0n) is 11.9. The van der Waals surface area contributed by atoms with Gasteiger partial charge in [-0.1, -0.05) is 23.5 Å². The number of rotatable bonds is 5. The number of para-hydroxylation sites is 1. The van der Waals surface area contributed by atoms with Gasteiger partial charge >= 0.3 is 12.0 Å². The number of fused-ring (bicyclic) bond motifs is 1. The molecule has 2 rings (SSSR count). The number of hydrogen-bond donors (Lipinski definition) is 2. The van der Waals surface area contributed by atoms with Gasteiger partial charge in [0.2, 0.25) is 0 Å². The molecule has 7 heteroatoms. The van der Waals surface area contributed by atoms with Crippen molar-refractivity contribution >= 4 is 38.7 Å². The smallest absolute Gasteiger partial charge is 0.321 e. The van der Waals surface area contributed by atoms with E-state index in [9.17, 15) is 9.59 Å².